The van der Waals surface area contributed by atoms with Crippen LogP contribution in [0.5, 0.6) is 11.5 Å². The van der Waals surface area contributed by atoms with Gasteiger partial charge in [0.25, 0.3) is 0 Å². The van der Waals surface area contributed by atoms with Gasteiger partial charge in [0.2, 0.25) is 0 Å². The van der Waals surface area contributed by atoms with Crippen LogP contribution in [0.2, 0.25) is 0 Å². The van der Waals surface area contributed by atoms with Gasteiger partial charge < -0.3 is 15.2 Å². The van der Waals surface area contributed by atoms with E-state index in [2.05, 4.69) is 6.07 Å². The lowest BCUT2D eigenvalue weighted by atomic mass is 10.1. The van der Waals surface area contributed by atoms with Crippen molar-refractivity contribution in [1.29, 1.82) is 5.26 Å². The van der Waals surface area contributed by atoms with Crippen molar-refractivity contribution in [1.82, 2.24) is 0 Å². The third kappa shape index (κ3) is 2.90. The Balaban J connectivity index is 2.32. The van der Waals surface area contributed by atoms with Gasteiger partial charge >= 0.3 is 0 Å². The van der Waals surface area contributed by atoms with Gasteiger partial charge in [-0.15, -0.1) is 0 Å². The summed E-state index contributed by atoms with van der Waals surface area (Å²) in [6.07, 6.45) is -0.361. The molecule has 2 aromatic rings. The SMILES string of the molecule is COc1ccccc1C(CN)Oc1ccccc1C#N. The van der Waals surface area contributed by atoms with Crippen molar-refractivity contribution in [2.24, 2.45) is 5.73 Å². The van der Waals surface area contributed by atoms with E-state index in [1.165, 1.54) is 0 Å². The first-order valence-electron chi connectivity index (χ1n) is 6.29. The molecule has 0 aliphatic rings. The molecule has 0 heterocycles. The second kappa shape index (κ2) is 6.60. The lowest BCUT2D eigenvalue weighted by molar-refractivity contribution is 0.208. The van der Waals surface area contributed by atoms with E-state index in [0.29, 0.717) is 17.9 Å². The van der Waals surface area contributed by atoms with E-state index < -0.39 is 0 Å². The molecule has 0 radical (unpaired) electrons. The maximum absolute atomic E-state index is 9.09. The van der Waals surface area contributed by atoms with Gasteiger partial charge in [0, 0.05) is 12.1 Å². The number of nitrogens with two attached hydrogens (primary N) is 1. The number of rotatable bonds is 5. The summed E-state index contributed by atoms with van der Waals surface area (Å²) in [5, 5.41) is 9.09. The van der Waals surface area contributed by atoms with E-state index in [4.69, 9.17) is 20.5 Å². The summed E-state index contributed by atoms with van der Waals surface area (Å²) < 4.78 is 11.2. The summed E-state index contributed by atoms with van der Waals surface area (Å²) in [7, 11) is 1.61. The normalized spacial score (nSPS) is 11.4. The molecule has 0 saturated heterocycles. The van der Waals surface area contributed by atoms with Gasteiger partial charge in [0.05, 0.1) is 12.7 Å². The summed E-state index contributed by atoms with van der Waals surface area (Å²) in [6.45, 7) is 0.292. The van der Waals surface area contributed by atoms with Crippen LogP contribution in [0.15, 0.2) is 48.5 Å². The molecule has 4 nitrogen and oxygen atoms in total. The molecule has 1 unspecified atom stereocenters. The van der Waals surface area contributed by atoms with Crippen molar-refractivity contribution < 1.29 is 9.47 Å². The first-order chi connectivity index (χ1) is 9.80. The zero-order valence-electron chi connectivity index (χ0n) is 11.2. The zero-order chi connectivity index (χ0) is 14.4. The topological polar surface area (TPSA) is 68.3 Å². The fourth-order valence-corrected chi connectivity index (χ4v) is 1.99. The summed E-state index contributed by atoms with van der Waals surface area (Å²) in [5.41, 5.74) is 7.16. The first-order valence-corrected chi connectivity index (χ1v) is 6.29. The Bertz CT molecular complexity index is 620. The summed E-state index contributed by atoms with van der Waals surface area (Å²) in [4.78, 5) is 0. The van der Waals surface area contributed by atoms with Crippen molar-refractivity contribution in [3.8, 4) is 17.6 Å². The van der Waals surface area contributed by atoms with Crippen LogP contribution in [-0.2, 0) is 0 Å². The first kappa shape index (κ1) is 13.9. The smallest absolute Gasteiger partial charge is 0.140 e. The highest BCUT2D eigenvalue weighted by molar-refractivity contribution is 5.44. The van der Waals surface area contributed by atoms with E-state index in [-0.39, 0.29) is 6.10 Å². The zero-order valence-corrected chi connectivity index (χ0v) is 11.2. The number of hydrogen-bond donors (Lipinski definition) is 1. The van der Waals surface area contributed by atoms with Gasteiger partial charge in [-0.25, -0.2) is 0 Å². The van der Waals surface area contributed by atoms with Crippen molar-refractivity contribution >= 4 is 0 Å². The second-order valence-corrected chi connectivity index (χ2v) is 4.19. The Morgan fingerprint density at radius 2 is 1.75 bits per heavy atom. The van der Waals surface area contributed by atoms with Crippen molar-refractivity contribution in [3.63, 3.8) is 0 Å². The molecule has 2 aromatic carbocycles. The standard InChI is InChI=1S/C16H16N2O2/c1-19-15-9-5-3-7-13(15)16(11-18)20-14-8-4-2-6-12(14)10-17/h2-9,16H,11,18H2,1H3. The Kier molecular flexibility index (Phi) is 4.59. The molecule has 0 fully saturated rings. The number of ether oxygens (including phenoxy) is 2. The minimum Gasteiger partial charge on any atom is -0.496 e. The molecule has 102 valence electrons. The molecule has 2 N–H and O–H groups in total. The highest BCUT2D eigenvalue weighted by Gasteiger charge is 2.17. The lowest BCUT2D eigenvalue weighted by Crippen LogP contribution is -2.19. The van der Waals surface area contributed by atoms with Crippen LogP contribution in [0.3, 0.4) is 0 Å². The third-order valence-corrected chi connectivity index (χ3v) is 2.98. The maximum atomic E-state index is 9.09. The number of nitriles is 1. The lowest BCUT2D eigenvalue weighted by Gasteiger charge is -2.20. The van der Waals surface area contributed by atoms with Crippen LogP contribution < -0.4 is 15.2 Å². The molecule has 0 bridgehead atoms. The number of methoxy groups -OCH3 is 1. The number of nitrogens with zero attached hydrogens (tertiary/aromatic N) is 1. The molecular weight excluding hydrogens is 252 g/mol. The molecule has 20 heavy (non-hydrogen) atoms. The fourth-order valence-electron chi connectivity index (χ4n) is 1.99. The third-order valence-electron chi connectivity index (χ3n) is 2.98. The minimum atomic E-state index is -0.361. The summed E-state index contributed by atoms with van der Waals surface area (Å²) in [6, 6.07) is 16.8. The Morgan fingerprint density at radius 1 is 1.10 bits per heavy atom. The molecule has 1 atom stereocenters. The van der Waals surface area contributed by atoms with Crippen molar-refractivity contribution in [3.05, 3.63) is 59.7 Å². The largest absolute Gasteiger partial charge is 0.496 e. The second-order valence-electron chi connectivity index (χ2n) is 4.19. The molecule has 0 saturated carbocycles. The monoisotopic (exact) mass is 268 g/mol. The highest BCUT2D eigenvalue weighted by Crippen LogP contribution is 2.29. The van der Waals surface area contributed by atoms with Crippen LogP contribution in [-0.4, -0.2) is 13.7 Å². The van der Waals surface area contributed by atoms with Gasteiger partial charge in [0.15, 0.2) is 0 Å². The fraction of sp³-hybridized carbons (Fsp3) is 0.188. The Hall–Kier alpha value is -2.51. The number of para-hydroxylation sites is 2. The molecule has 0 amide bonds. The van der Waals surface area contributed by atoms with E-state index in [1.807, 2.05) is 30.3 Å². The summed E-state index contributed by atoms with van der Waals surface area (Å²) in [5.74, 6) is 1.24. The van der Waals surface area contributed by atoms with Crippen LogP contribution in [0.25, 0.3) is 0 Å². The number of hydrogen-bond acceptors (Lipinski definition) is 4. The molecule has 0 aliphatic heterocycles. The van der Waals surface area contributed by atoms with Crippen LogP contribution in [0.1, 0.15) is 17.2 Å². The van der Waals surface area contributed by atoms with Gasteiger partial charge in [-0.3, -0.25) is 0 Å². The van der Waals surface area contributed by atoms with Gasteiger partial charge in [-0.2, -0.15) is 5.26 Å². The minimum absolute atomic E-state index is 0.292. The average molecular weight is 268 g/mol. The van der Waals surface area contributed by atoms with Crippen LogP contribution in [0, 0.1) is 11.3 Å². The van der Waals surface area contributed by atoms with Crippen molar-refractivity contribution in [2.75, 3.05) is 13.7 Å². The highest BCUT2D eigenvalue weighted by atomic mass is 16.5. The van der Waals surface area contributed by atoms with Gasteiger partial charge in [-0.05, 0) is 18.2 Å². The Morgan fingerprint density at radius 3 is 2.40 bits per heavy atom. The van der Waals surface area contributed by atoms with Crippen molar-refractivity contribution in [2.45, 2.75) is 6.10 Å². The predicted molar refractivity (Wildman–Crippen MR) is 76.6 cm³/mol. The quantitative estimate of drug-likeness (QED) is 0.905. The Labute approximate surface area is 118 Å². The maximum Gasteiger partial charge on any atom is 0.140 e. The number of benzene rings is 2. The van der Waals surface area contributed by atoms with E-state index in [0.717, 1.165) is 11.3 Å². The molecule has 4 heteroatoms. The van der Waals surface area contributed by atoms with Crippen LogP contribution in [0.4, 0.5) is 0 Å². The molecule has 0 aliphatic carbocycles. The average Bonchev–Trinajstić information content (AvgIpc) is 2.53. The molecule has 0 spiro atoms. The predicted octanol–water partition coefficient (Wildman–Crippen LogP) is 2.65. The summed E-state index contributed by atoms with van der Waals surface area (Å²) >= 11 is 0. The van der Waals surface area contributed by atoms with Crippen LogP contribution >= 0.6 is 0 Å². The van der Waals surface area contributed by atoms with Gasteiger partial charge in [-0.1, -0.05) is 30.3 Å². The van der Waals surface area contributed by atoms with Gasteiger partial charge in [0.1, 0.15) is 23.7 Å². The molecular formula is C16H16N2O2. The van der Waals surface area contributed by atoms with E-state index >= 15 is 0 Å². The molecule has 0 aromatic heterocycles. The van der Waals surface area contributed by atoms with E-state index in [1.54, 1.807) is 25.3 Å². The van der Waals surface area contributed by atoms with E-state index in [9.17, 15) is 0 Å². The molecule has 2 rings (SSSR count).